The van der Waals surface area contributed by atoms with Crippen molar-refractivity contribution in [1.29, 1.82) is 0 Å². The van der Waals surface area contributed by atoms with Gasteiger partial charge in [-0.15, -0.1) is 11.6 Å². The van der Waals surface area contributed by atoms with Gasteiger partial charge in [0.25, 0.3) is 0 Å². The largest absolute Gasteiger partial charge is 0.369 e. The molecule has 0 aromatic carbocycles. The van der Waals surface area contributed by atoms with E-state index < -0.39 is 0 Å². The number of anilines is 1. The van der Waals surface area contributed by atoms with Crippen molar-refractivity contribution in [2.45, 2.75) is 40.5 Å². The summed E-state index contributed by atoms with van der Waals surface area (Å²) in [6.45, 7) is 9.31. The Hall–Kier alpha value is -0.830. The predicted octanol–water partition coefficient (Wildman–Crippen LogP) is 3.41. The summed E-state index contributed by atoms with van der Waals surface area (Å²) >= 11 is 5.79. The van der Waals surface area contributed by atoms with E-state index in [9.17, 15) is 0 Å². The van der Waals surface area contributed by atoms with Crippen molar-refractivity contribution in [3.63, 3.8) is 0 Å². The quantitative estimate of drug-likeness (QED) is 0.792. The lowest BCUT2D eigenvalue weighted by molar-refractivity contribution is 0.379. The molecular formula is C13H22ClN3. The maximum Gasteiger partial charge on any atom is 0.129 e. The number of aryl methyl sites for hydroxylation is 2. The van der Waals surface area contributed by atoms with Crippen LogP contribution in [0.5, 0.6) is 0 Å². The molecule has 0 aliphatic rings. The van der Waals surface area contributed by atoms with E-state index in [1.54, 1.807) is 0 Å². The highest BCUT2D eigenvalue weighted by Crippen LogP contribution is 2.21. The third-order valence-electron chi connectivity index (χ3n) is 2.77. The zero-order valence-electron chi connectivity index (χ0n) is 11.2. The van der Waals surface area contributed by atoms with Crippen molar-refractivity contribution in [1.82, 2.24) is 9.97 Å². The molecule has 1 heterocycles. The van der Waals surface area contributed by atoms with Gasteiger partial charge in [0, 0.05) is 24.2 Å². The number of hydrogen-bond acceptors (Lipinski definition) is 3. The number of rotatable bonds is 6. The van der Waals surface area contributed by atoms with Crippen LogP contribution < -0.4 is 5.32 Å². The molecule has 0 aliphatic heterocycles. The molecule has 0 saturated heterocycles. The summed E-state index contributed by atoms with van der Waals surface area (Å²) < 4.78 is 0. The number of halogens is 1. The van der Waals surface area contributed by atoms with Gasteiger partial charge in [-0.3, -0.25) is 0 Å². The molecular weight excluding hydrogens is 234 g/mol. The summed E-state index contributed by atoms with van der Waals surface area (Å²) in [6, 6.07) is 2.02. The van der Waals surface area contributed by atoms with E-state index >= 15 is 0 Å². The fraction of sp³-hybridized carbons (Fsp3) is 0.692. The highest BCUT2D eigenvalue weighted by Gasteiger charge is 2.17. The van der Waals surface area contributed by atoms with Gasteiger partial charge in [0.2, 0.25) is 0 Å². The van der Waals surface area contributed by atoms with Crippen LogP contribution in [0.4, 0.5) is 5.82 Å². The van der Waals surface area contributed by atoms with Gasteiger partial charge in [-0.25, -0.2) is 9.97 Å². The maximum atomic E-state index is 5.79. The molecule has 0 aliphatic carbocycles. The number of nitrogens with zero attached hydrogens (tertiary/aromatic N) is 2. The normalized spacial score (nSPS) is 11.6. The molecule has 0 bridgehead atoms. The van der Waals surface area contributed by atoms with Gasteiger partial charge in [-0.2, -0.15) is 0 Å². The summed E-state index contributed by atoms with van der Waals surface area (Å²) in [7, 11) is 0. The van der Waals surface area contributed by atoms with Gasteiger partial charge < -0.3 is 5.32 Å². The van der Waals surface area contributed by atoms with Gasteiger partial charge in [-0.05, 0) is 25.2 Å². The van der Waals surface area contributed by atoms with Crippen molar-refractivity contribution >= 4 is 17.4 Å². The molecule has 0 saturated carbocycles. The Labute approximate surface area is 109 Å². The molecule has 96 valence electrons. The highest BCUT2D eigenvalue weighted by molar-refractivity contribution is 6.17. The second kappa shape index (κ2) is 6.20. The van der Waals surface area contributed by atoms with Gasteiger partial charge in [0.15, 0.2) is 0 Å². The molecule has 4 heteroatoms. The van der Waals surface area contributed by atoms with E-state index in [1.807, 2.05) is 13.0 Å². The van der Waals surface area contributed by atoms with Crippen molar-refractivity contribution in [3.05, 3.63) is 17.6 Å². The van der Waals surface area contributed by atoms with Crippen molar-refractivity contribution < 1.29 is 0 Å². The fourth-order valence-electron chi connectivity index (χ4n) is 1.58. The molecule has 1 aromatic rings. The number of aromatic nitrogens is 2. The molecule has 0 radical (unpaired) electrons. The molecule has 0 amide bonds. The lowest BCUT2D eigenvalue weighted by Gasteiger charge is -2.24. The van der Waals surface area contributed by atoms with Crippen LogP contribution in [0.15, 0.2) is 6.07 Å². The SMILES string of the molecule is CCc1cc(NCC(C)(C)CCCl)nc(C)n1. The molecule has 0 unspecified atom stereocenters. The molecule has 17 heavy (non-hydrogen) atoms. The smallest absolute Gasteiger partial charge is 0.129 e. The van der Waals surface area contributed by atoms with E-state index in [-0.39, 0.29) is 5.41 Å². The van der Waals surface area contributed by atoms with Crippen molar-refractivity contribution in [2.24, 2.45) is 5.41 Å². The Balaban J connectivity index is 2.65. The van der Waals surface area contributed by atoms with Crippen LogP contribution in [-0.4, -0.2) is 22.4 Å². The average Bonchev–Trinajstić information content (AvgIpc) is 2.26. The maximum absolute atomic E-state index is 5.79. The Morgan fingerprint density at radius 1 is 1.35 bits per heavy atom. The van der Waals surface area contributed by atoms with E-state index in [1.165, 1.54) is 0 Å². The molecule has 0 atom stereocenters. The fourth-order valence-corrected chi connectivity index (χ4v) is 2.09. The van der Waals surface area contributed by atoms with Crippen LogP contribution >= 0.6 is 11.6 Å². The molecule has 0 spiro atoms. The minimum Gasteiger partial charge on any atom is -0.369 e. The number of nitrogens with one attached hydrogen (secondary N) is 1. The molecule has 1 aromatic heterocycles. The minimum absolute atomic E-state index is 0.187. The van der Waals surface area contributed by atoms with Gasteiger partial charge in [0.1, 0.15) is 11.6 Å². The first-order chi connectivity index (χ1) is 7.96. The van der Waals surface area contributed by atoms with Gasteiger partial charge >= 0.3 is 0 Å². The summed E-state index contributed by atoms with van der Waals surface area (Å²) in [5.74, 6) is 2.43. The van der Waals surface area contributed by atoms with E-state index in [0.717, 1.165) is 36.7 Å². The molecule has 3 nitrogen and oxygen atoms in total. The first-order valence-electron chi connectivity index (χ1n) is 6.11. The van der Waals surface area contributed by atoms with Crippen LogP contribution in [-0.2, 0) is 6.42 Å². The van der Waals surface area contributed by atoms with Crippen LogP contribution in [0.1, 0.15) is 38.7 Å². The number of hydrogen-bond donors (Lipinski definition) is 1. The monoisotopic (exact) mass is 255 g/mol. The van der Waals surface area contributed by atoms with E-state index in [0.29, 0.717) is 5.88 Å². The second-order valence-corrected chi connectivity index (χ2v) is 5.48. The Morgan fingerprint density at radius 2 is 2.06 bits per heavy atom. The summed E-state index contributed by atoms with van der Waals surface area (Å²) in [5, 5.41) is 3.38. The number of alkyl halides is 1. The summed E-state index contributed by atoms with van der Waals surface area (Å²) in [4.78, 5) is 8.75. The Kier molecular flexibility index (Phi) is 5.19. The van der Waals surface area contributed by atoms with Crippen LogP contribution in [0.25, 0.3) is 0 Å². The highest BCUT2D eigenvalue weighted by atomic mass is 35.5. The van der Waals surface area contributed by atoms with Crippen molar-refractivity contribution in [2.75, 3.05) is 17.7 Å². The standard InChI is InChI=1S/C13H22ClN3/c1-5-11-8-12(17-10(2)16-11)15-9-13(3,4)6-7-14/h8H,5-7,9H2,1-4H3,(H,15,16,17). The third kappa shape index (κ3) is 4.90. The van der Waals surface area contributed by atoms with Crippen LogP contribution in [0.3, 0.4) is 0 Å². The van der Waals surface area contributed by atoms with Crippen LogP contribution in [0, 0.1) is 12.3 Å². The van der Waals surface area contributed by atoms with Gasteiger partial charge in [0.05, 0.1) is 0 Å². The van der Waals surface area contributed by atoms with E-state index in [2.05, 4.69) is 36.1 Å². The third-order valence-corrected chi connectivity index (χ3v) is 2.96. The first kappa shape index (κ1) is 14.2. The molecule has 1 rings (SSSR count). The molecule has 1 N–H and O–H groups in total. The Bertz CT molecular complexity index is 364. The zero-order valence-corrected chi connectivity index (χ0v) is 11.9. The topological polar surface area (TPSA) is 37.8 Å². The average molecular weight is 256 g/mol. The minimum atomic E-state index is 0.187. The summed E-state index contributed by atoms with van der Waals surface area (Å²) in [6.07, 6.45) is 1.93. The van der Waals surface area contributed by atoms with Gasteiger partial charge in [-0.1, -0.05) is 20.8 Å². The van der Waals surface area contributed by atoms with Crippen LogP contribution in [0.2, 0.25) is 0 Å². The van der Waals surface area contributed by atoms with E-state index in [4.69, 9.17) is 11.6 Å². The first-order valence-corrected chi connectivity index (χ1v) is 6.64. The second-order valence-electron chi connectivity index (χ2n) is 5.10. The lowest BCUT2D eigenvalue weighted by atomic mass is 9.90. The summed E-state index contributed by atoms with van der Waals surface area (Å²) in [5.41, 5.74) is 1.27. The zero-order chi connectivity index (χ0) is 12.9. The Morgan fingerprint density at radius 3 is 2.65 bits per heavy atom. The van der Waals surface area contributed by atoms with Crippen molar-refractivity contribution in [3.8, 4) is 0 Å². The predicted molar refractivity (Wildman–Crippen MR) is 73.8 cm³/mol. The molecule has 0 fully saturated rings. The lowest BCUT2D eigenvalue weighted by Crippen LogP contribution is -2.24.